The molecule has 0 aliphatic rings. The predicted molar refractivity (Wildman–Crippen MR) is 109 cm³/mol. The molecule has 1 aromatic heterocycles. The molecule has 0 aliphatic carbocycles. The SMILES string of the molecule is Cc1c(SNC(=O)N/N=C/c2ccc(O)cc2)c(=O)n(-c2ccccc2)n1C. The number of urea groups is 1. The number of phenolic OH excluding ortho intramolecular Hbond substituents is 1. The van der Waals surface area contributed by atoms with Crippen molar-refractivity contribution in [1.29, 1.82) is 0 Å². The zero-order valence-electron chi connectivity index (χ0n) is 15.3. The standard InChI is InChI=1S/C19H19N5O3S/c1-13-17(18(26)24(23(13)2)15-6-4-3-5-7-15)28-22-19(27)21-20-12-14-8-10-16(25)11-9-14/h3-12,25H,1-2H3,(H2,21,22,27)/b20-12+. The van der Waals surface area contributed by atoms with Crippen LogP contribution in [0.2, 0.25) is 0 Å². The number of amides is 2. The molecular weight excluding hydrogens is 378 g/mol. The smallest absolute Gasteiger partial charge is 0.345 e. The third kappa shape index (κ3) is 4.26. The molecule has 0 saturated heterocycles. The van der Waals surface area contributed by atoms with Crippen LogP contribution in [0.3, 0.4) is 0 Å². The lowest BCUT2D eigenvalue weighted by molar-refractivity contribution is 0.247. The van der Waals surface area contributed by atoms with E-state index < -0.39 is 6.03 Å². The lowest BCUT2D eigenvalue weighted by atomic mass is 10.2. The van der Waals surface area contributed by atoms with Crippen LogP contribution in [0.4, 0.5) is 4.79 Å². The fourth-order valence-corrected chi connectivity index (χ4v) is 3.20. The van der Waals surface area contributed by atoms with Gasteiger partial charge in [-0.25, -0.2) is 14.9 Å². The Morgan fingerprint density at radius 2 is 1.82 bits per heavy atom. The van der Waals surface area contributed by atoms with Gasteiger partial charge in [0.2, 0.25) is 0 Å². The second-order valence-corrected chi connectivity index (χ2v) is 6.70. The molecule has 9 heteroatoms. The van der Waals surface area contributed by atoms with Gasteiger partial charge < -0.3 is 5.11 Å². The van der Waals surface area contributed by atoms with Crippen LogP contribution in [0.1, 0.15) is 11.3 Å². The molecule has 3 aromatic rings. The summed E-state index contributed by atoms with van der Waals surface area (Å²) in [5, 5.41) is 13.1. The number of rotatable bonds is 5. The van der Waals surface area contributed by atoms with E-state index in [0.717, 1.165) is 28.9 Å². The first-order valence-electron chi connectivity index (χ1n) is 8.36. The summed E-state index contributed by atoms with van der Waals surface area (Å²) in [6, 6.07) is 15.1. The van der Waals surface area contributed by atoms with Gasteiger partial charge in [-0.2, -0.15) is 5.10 Å². The quantitative estimate of drug-likeness (QED) is 0.350. The second kappa shape index (κ2) is 8.49. The van der Waals surface area contributed by atoms with Gasteiger partial charge in [0.1, 0.15) is 10.6 Å². The number of hydrogen-bond acceptors (Lipinski definition) is 5. The molecule has 3 N–H and O–H groups in total. The number of hydrogen-bond donors (Lipinski definition) is 3. The first-order chi connectivity index (χ1) is 13.5. The van der Waals surface area contributed by atoms with Crippen molar-refractivity contribution in [1.82, 2.24) is 19.5 Å². The van der Waals surface area contributed by atoms with Crippen molar-refractivity contribution in [3.05, 3.63) is 76.2 Å². The molecule has 0 atom stereocenters. The van der Waals surface area contributed by atoms with E-state index in [4.69, 9.17) is 0 Å². The number of hydrazone groups is 1. The molecule has 2 amide bonds. The topological polar surface area (TPSA) is 101 Å². The third-order valence-electron chi connectivity index (χ3n) is 4.02. The maximum atomic E-state index is 12.7. The molecule has 0 saturated carbocycles. The average molecular weight is 397 g/mol. The Balaban J connectivity index is 1.65. The minimum Gasteiger partial charge on any atom is -0.508 e. The molecule has 0 aliphatic heterocycles. The summed E-state index contributed by atoms with van der Waals surface area (Å²) >= 11 is 0.936. The summed E-state index contributed by atoms with van der Waals surface area (Å²) in [6.45, 7) is 1.81. The van der Waals surface area contributed by atoms with Crippen LogP contribution >= 0.6 is 11.9 Å². The van der Waals surface area contributed by atoms with Crippen molar-refractivity contribution in [2.75, 3.05) is 0 Å². The summed E-state index contributed by atoms with van der Waals surface area (Å²) in [5.41, 5.74) is 4.30. The molecule has 28 heavy (non-hydrogen) atoms. The van der Waals surface area contributed by atoms with Gasteiger partial charge >= 0.3 is 6.03 Å². The number of aromatic hydroxyl groups is 1. The first-order valence-corrected chi connectivity index (χ1v) is 9.18. The van der Waals surface area contributed by atoms with Crippen LogP contribution in [0.25, 0.3) is 5.69 Å². The second-order valence-electron chi connectivity index (χ2n) is 5.89. The minimum atomic E-state index is -0.561. The maximum absolute atomic E-state index is 12.7. The van der Waals surface area contributed by atoms with E-state index in [0.29, 0.717) is 4.90 Å². The Bertz CT molecular complexity index is 1060. The summed E-state index contributed by atoms with van der Waals surface area (Å²) in [6.07, 6.45) is 1.44. The van der Waals surface area contributed by atoms with Gasteiger partial charge in [0.15, 0.2) is 0 Å². The van der Waals surface area contributed by atoms with Crippen molar-refractivity contribution < 1.29 is 9.90 Å². The molecule has 0 radical (unpaired) electrons. The largest absolute Gasteiger partial charge is 0.508 e. The highest BCUT2D eigenvalue weighted by Crippen LogP contribution is 2.17. The van der Waals surface area contributed by atoms with Gasteiger partial charge in [-0.1, -0.05) is 18.2 Å². The van der Waals surface area contributed by atoms with Gasteiger partial charge in [-0.15, -0.1) is 0 Å². The van der Waals surface area contributed by atoms with E-state index >= 15 is 0 Å². The Morgan fingerprint density at radius 1 is 1.14 bits per heavy atom. The van der Waals surface area contributed by atoms with Gasteiger partial charge in [-0.3, -0.25) is 14.2 Å². The molecule has 8 nitrogen and oxygen atoms in total. The minimum absolute atomic E-state index is 0.152. The Morgan fingerprint density at radius 3 is 2.50 bits per heavy atom. The van der Waals surface area contributed by atoms with Crippen LogP contribution in [0.5, 0.6) is 5.75 Å². The molecule has 144 valence electrons. The van der Waals surface area contributed by atoms with E-state index in [9.17, 15) is 14.7 Å². The number of benzene rings is 2. The van der Waals surface area contributed by atoms with Gasteiger partial charge in [0.05, 0.1) is 17.6 Å². The summed E-state index contributed by atoms with van der Waals surface area (Å²) < 4.78 is 5.83. The first kappa shape index (κ1) is 19.3. The fraction of sp³-hybridized carbons (Fsp3) is 0.105. The fourth-order valence-electron chi connectivity index (χ4n) is 2.51. The lowest BCUT2D eigenvalue weighted by Gasteiger charge is -2.07. The predicted octanol–water partition coefficient (Wildman–Crippen LogP) is 2.53. The lowest BCUT2D eigenvalue weighted by Crippen LogP contribution is -2.28. The summed E-state index contributed by atoms with van der Waals surface area (Å²) in [5.74, 6) is 0.152. The third-order valence-corrected chi connectivity index (χ3v) is 4.98. The number of carbonyl (C=O) groups is 1. The Hall–Kier alpha value is -3.46. The molecule has 0 spiro atoms. The van der Waals surface area contributed by atoms with Crippen LogP contribution in [-0.2, 0) is 7.05 Å². The number of nitrogens with zero attached hydrogens (tertiary/aromatic N) is 3. The number of para-hydroxylation sites is 1. The molecule has 0 fully saturated rings. The molecule has 2 aromatic carbocycles. The number of aromatic nitrogens is 2. The normalized spacial score (nSPS) is 10.9. The molecular formula is C19H19N5O3S. The van der Waals surface area contributed by atoms with Crippen molar-refractivity contribution in [2.45, 2.75) is 11.8 Å². The Labute approximate surface area is 165 Å². The molecule has 1 heterocycles. The van der Waals surface area contributed by atoms with Gasteiger partial charge in [0.25, 0.3) is 5.56 Å². The highest BCUT2D eigenvalue weighted by molar-refractivity contribution is 7.98. The van der Waals surface area contributed by atoms with Crippen LogP contribution in [0, 0.1) is 6.92 Å². The van der Waals surface area contributed by atoms with E-state index in [1.807, 2.05) is 37.3 Å². The van der Waals surface area contributed by atoms with Crippen LogP contribution in [0.15, 0.2) is 69.4 Å². The molecule has 3 rings (SSSR count). The number of carbonyl (C=O) groups excluding carboxylic acids is 1. The van der Waals surface area contributed by atoms with Gasteiger partial charge in [-0.05, 0) is 60.8 Å². The average Bonchev–Trinajstić information content (AvgIpc) is 2.91. The van der Waals surface area contributed by atoms with E-state index in [2.05, 4.69) is 15.2 Å². The highest BCUT2D eigenvalue weighted by atomic mass is 32.2. The summed E-state index contributed by atoms with van der Waals surface area (Å²) in [7, 11) is 1.79. The number of phenols is 1. The van der Waals surface area contributed by atoms with Crippen molar-refractivity contribution in [3.8, 4) is 11.4 Å². The van der Waals surface area contributed by atoms with Crippen molar-refractivity contribution >= 4 is 24.2 Å². The van der Waals surface area contributed by atoms with Crippen molar-refractivity contribution in [3.63, 3.8) is 0 Å². The monoisotopic (exact) mass is 397 g/mol. The molecule has 0 bridgehead atoms. The van der Waals surface area contributed by atoms with Gasteiger partial charge in [0, 0.05) is 7.05 Å². The van der Waals surface area contributed by atoms with E-state index in [1.54, 1.807) is 28.5 Å². The van der Waals surface area contributed by atoms with Crippen molar-refractivity contribution in [2.24, 2.45) is 12.1 Å². The zero-order valence-corrected chi connectivity index (χ0v) is 16.1. The van der Waals surface area contributed by atoms with E-state index in [-0.39, 0.29) is 11.3 Å². The van der Waals surface area contributed by atoms with Crippen LogP contribution < -0.4 is 15.7 Å². The Kier molecular flexibility index (Phi) is 5.85. The van der Waals surface area contributed by atoms with E-state index in [1.165, 1.54) is 18.3 Å². The zero-order chi connectivity index (χ0) is 20.1. The summed E-state index contributed by atoms with van der Waals surface area (Å²) in [4.78, 5) is 25.1. The molecule has 0 unspecified atom stereocenters. The van der Waals surface area contributed by atoms with Crippen LogP contribution in [-0.4, -0.2) is 26.7 Å². The maximum Gasteiger partial charge on any atom is 0.345 e. The highest BCUT2D eigenvalue weighted by Gasteiger charge is 2.17. The number of nitrogens with one attached hydrogen (secondary N) is 2.